The smallest absolute Gasteiger partial charge is 0.345 e. The molecule has 0 spiro atoms. The average molecular weight is 365 g/mol. The quantitative estimate of drug-likeness (QED) is 0.888. The van der Waals surface area contributed by atoms with E-state index in [0.29, 0.717) is 10.4 Å². The van der Waals surface area contributed by atoms with Gasteiger partial charge in [0.15, 0.2) is 9.84 Å². The third kappa shape index (κ3) is 3.58. The molecule has 2 aromatic rings. The van der Waals surface area contributed by atoms with Gasteiger partial charge in [-0.15, -0.1) is 11.3 Å². The molecule has 1 aromatic heterocycles. The maximum atomic E-state index is 12.4. The van der Waals surface area contributed by atoms with Crippen molar-refractivity contribution in [1.82, 2.24) is 0 Å². The second-order valence-electron chi connectivity index (χ2n) is 4.33. The Labute approximate surface area is 135 Å². The van der Waals surface area contributed by atoms with Crippen LogP contribution >= 0.6 is 34.5 Å². The Morgan fingerprint density at radius 3 is 2.43 bits per heavy atom. The molecular formula is C13H10Cl2O4S2. The fourth-order valence-electron chi connectivity index (χ4n) is 1.73. The van der Waals surface area contributed by atoms with Gasteiger partial charge >= 0.3 is 5.97 Å². The number of carbonyl (C=O) groups is 1. The molecule has 2 rings (SSSR count). The lowest BCUT2D eigenvalue weighted by Crippen LogP contribution is -2.05. The molecule has 0 fully saturated rings. The summed E-state index contributed by atoms with van der Waals surface area (Å²) in [5, 5.41) is 9.37. The standard InChI is InChI=1S/C13H10Cl2O4S2/c1-7-8(4-12(20-7)13(16)17)6-21(18,19)9-2-3-10(14)11(15)5-9/h2-5H,6H2,1H3,(H,16,17). The second-order valence-corrected chi connectivity index (χ2v) is 8.39. The molecule has 0 unspecified atom stereocenters. The number of aryl methyl sites for hydroxylation is 1. The van der Waals surface area contributed by atoms with Crippen LogP contribution in [0, 0.1) is 6.92 Å². The first-order valence-electron chi connectivity index (χ1n) is 5.71. The van der Waals surface area contributed by atoms with Crippen LogP contribution < -0.4 is 0 Å². The summed E-state index contributed by atoms with van der Waals surface area (Å²) in [4.78, 5) is 11.7. The van der Waals surface area contributed by atoms with Crippen molar-refractivity contribution in [3.63, 3.8) is 0 Å². The monoisotopic (exact) mass is 364 g/mol. The lowest BCUT2D eigenvalue weighted by Gasteiger charge is -2.05. The van der Waals surface area contributed by atoms with E-state index >= 15 is 0 Å². The molecule has 0 saturated heterocycles. The van der Waals surface area contributed by atoms with Gasteiger partial charge in [0.1, 0.15) is 4.88 Å². The van der Waals surface area contributed by atoms with E-state index in [9.17, 15) is 13.2 Å². The molecular weight excluding hydrogens is 355 g/mol. The third-order valence-electron chi connectivity index (χ3n) is 2.83. The molecule has 0 amide bonds. The minimum absolute atomic E-state index is 0.0550. The summed E-state index contributed by atoms with van der Waals surface area (Å²) in [5.74, 6) is -1.35. The van der Waals surface area contributed by atoms with Crippen LogP contribution in [0.5, 0.6) is 0 Å². The van der Waals surface area contributed by atoms with Gasteiger partial charge in [0.2, 0.25) is 0 Å². The van der Waals surface area contributed by atoms with Gasteiger partial charge in [0.25, 0.3) is 0 Å². The van der Waals surface area contributed by atoms with Crippen molar-refractivity contribution in [2.75, 3.05) is 0 Å². The number of sulfone groups is 1. The summed E-state index contributed by atoms with van der Waals surface area (Å²) in [7, 11) is -3.62. The summed E-state index contributed by atoms with van der Waals surface area (Å²) in [6, 6.07) is 5.47. The van der Waals surface area contributed by atoms with Gasteiger partial charge in [0.05, 0.1) is 20.7 Å². The molecule has 8 heteroatoms. The molecule has 0 aliphatic carbocycles. The number of carboxylic acids is 1. The number of hydrogen-bond donors (Lipinski definition) is 1. The van der Waals surface area contributed by atoms with Crippen LogP contribution in [0.2, 0.25) is 10.0 Å². The van der Waals surface area contributed by atoms with Crippen molar-refractivity contribution in [2.24, 2.45) is 0 Å². The predicted molar refractivity (Wildman–Crippen MR) is 83.4 cm³/mol. The van der Waals surface area contributed by atoms with Crippen LogP contribution in [-0.2, 0) is 15.6 Å². The molecule has 0 aliphatic rings. The van der Waals surface area contributed by atoms with Crippen molar-refractivity contribution in [3.8, 4) is 0 Å². The topological polar surface area (TPSA) is 71.4 Å². The van der Waals surface area contributed by atoms with E-state index in [4.69, 9.17) is 28.3 Å². The SMILES string of the molecule is Cc1sc(C(=O)O)cc1CS(=O)(=O)c1ccc(Cl)c(Cl)c1. The molecule has 0 aliphatic heterocycles. The van der Waals surface area contributed by atoms with Gasteiger partial charge < -0.3 is 5.11 Å². The van der Waals surface area contributed by atoms with Crippen molar-refractivity contribution in [3.05, 3.63) is 49.6 Å². The van der Waals surface area contributed by atoms with Gasteiger partial charge in [-0.3, -0.25) is 0 Å². The number of aromatic carboxylic acids is 1. The minimum atomic E-state index is -3.62. The highest BCUT2D eigenvalue weighted by molar-refractivity contribution is 7.90. The normalized spacial score (nSPS) is 11.6. The van der Waals surface area contributed by atoms with Crippen molar-refractivity contribution >= 4 is 50.3 Å². The Bertz CT molecular complexity index is 810. The predicted octanol–water partition coefficient (Wildman–Crippen LogP) is 4.04. The zero-order valence-corrected chi connectivity index (χ0v) is 13.9. The molecule has 1 N–H and O–H groups in total. The number of rotatable bonds is 4. The lowest BCUT2D eigenvalue weighted by atomic mass is 10.3. The van der Waals surface area contributed by atoms with Crippen LogP contribution in [-0.4, -0.2) is 19.5 Å². The number of benzene rings is 1. The maximum absolute atomic E-state index is 12.4. The first-order chi connectivity index (χ1) is 9.70. The molecule has 0 bridgehead atoms. The largest absolute Gasteiger partial charge is 0.477 e. The van der Waals surface area contributed by atoms with Crippen molar-refractivity contribution in [2.45, 2.75) is 17.6 Å². The van der Waals surface area contributed by atoms with E-state index in [-0.39, 0.29) is 25.6 Å². The fourth-order valence-corrected chi connectivity index (χ4v) is 4.51. The Hall–Kier alpha value is -1.08. The van der Waals surface area contributed by atoms with E-state index in [2.05, 4.69) is 0 Å². The highest BCUT2D eigenvalue weighted by atomic mass is 35.5. The van der Waals surface area contributed by atoms with E-state index in [1.807, 2.05) is 0 Å². The second kappa shape index (κ2) is 5.96. The molecule has 21 heavy (non-hydrogen) atoms. The van der Waals surface area contributed by atoms with Crippen molar-refractivity contribution in [1.29, 1.82) is 0 Å². The fraction of sp³-hybridized carbons (Fsp3) is 0.154. The van der Waals surface area contributed by atoms with Crippen LogP contribution in [0.25, 0.3) is 0 Å². The number of halogens is 2. The Kier molecular flexibility index (Phi) is 4.63. The van der Waals surface area contributed by atoms with Gasteiger partial charge in [-0.25, -0.2) is 13.2 Å². The van der Waals surface area contributed by atoms with Gasteiger partial charge in [-0.05, 0) is 36.8 Å². The maximum Gasteiger partial charge on any atom is 0.345 e. The number of hydrogen-bond acceptors (Lipinski definition) is 4. The highest BCUT2D eigenvalue weighted by Gasteiger charge is 2.20. The first-order valence-corrected chi connectivity index (χ1v) is 8.93. The molecule has 0 radical (unpaired) electrons. The molecule has 4 nitrogen and oxygen atoms in total. The molecule has 0 atom stereocenters. The van der Waals surface area contributed by atoms with Crippen molar-refractivity contribution < 1.29 is 18.3 Å². The van der Waals surface area contributed by atoms with E-state index in [1.165, 1.54) is 24.3 Å². The Balaban J connectivity index is 2.37. The minimum Gasteiger partial charge on any atom is -0.477 e. The van der Waals surface area contributed by atoms with E-state index in [0.717, 1.165) is 11.3 Å². The molecule has 0 saturated carbocycles. The zero-order valence-electron chi connectivity index (χ0n) is 10.8. The highest BCUT2D eigenvalue weighted by Crippen LogP contribution is 2.29. The van der Waals surface area contributed by atoms with E-state index in [1.54, 1.807) is 6.92 Å². The van der Waals surface area contributed by atoms with Crippen LogP contribution in [0.3, 0.4) is 0 Å². The zero-order chi connectivity index (χ0) is 15.8. The summed E-state index contributed by atoms with van der Waals surface area (Å²) < 4.78 is 24.7. The summed E-state index contributed by atoms with van der Waals surface area (Å²) in [6.45, 7) is 1.69. The number of carboxylic acid groups (broad SMARTS) is 1. The Morgan fingerprint density at radius 1 is 1.24 bits per heavy atom. The first kappa shape index (κ1) is 16.3. The number of thiophene rings is 1. The average Bonchev–Trinajstić information content (AvgIpc) is 2.74. The molecule has 1 heterocycles. The van der Waals surface area contributed by atoms with E-state index < -0.39 is 15.8 Å². The van der Waals surface area contributed by atoms with Crippen LogP contribution in [0.4, 0.5) is 0 Å². The summed E-state index contributed by atoms with van der Waals surface area (Å²) >= 11 is 12.6. The summed E-state index contributed by atoms with van der Waals surface area (Å²) in [5.41, 5.74) is 0.475. The van der Waals surface area contributed by atoms with Gasteiger partial charge in [-0.2, -0.15) is 0 Å². The Morgan fingerprint density at radius 2 is 1.90 bits per heavy atom. The van der Waals surface area contributed by atoms with Crippen LogP contribution in [0.15, 0.2) is 29.2 Å². The van der Waals surface area contributed by atoms with Gasteiger partial charge in [0, 0.05) is 4.88 Å². The molecule has 112 valence electrons. The van der Waals surface area contributed by atoms with Crippen LogP contribution in [0.1, 0.15) is 20.1 Å². The summed E-state index contributed by atoms with van der Waals surface area (Å²) in [6.07, 6.45) is 0. The molecule has 1 aromatic carbocycles. The third-order valence-corrected chi connectivity index (χ3v) is 6.31. The lowest BCUT2D eigenvalue weighted by molar-refractivity contribution is 0.0702. The van der Waals surface area contributed by atoms with Gasteiger partial charge in [-0.1, -0.05) is 23.2 Å².